The number of benzene rings is 1. The van der Waals surface area contributed by atoms with Crippen LogP contribution in [-0.4, -0.2) is 13.1 Å². The summed E-state index contributed by atoms with van der Waals surface area (Å²) in [7, 11) is 0. The number of hydrogen-bond donors (Lipinski definition) is 0. The number of hydrogen-bond acceptors (Lipinski definition) is 2. The van der Waals surface area contributed by atoms with E-state index in [-0.39, 0.29) is 0 Å². The number of aryl methyl sites for hydroxylation is 1. The highest BCUT2D eigenvalue weighted by Gasteiger charge is 1.91. The summed E-state index contributed by atoms with van der Waals surface area (Å²) >= 11 is 5.79. The van der Waals surface area contributed by atoms with Gasteiger partial charge in [0.15, 0.2) is 0 Å². The molecule has 0 radical (unpaired) electrons. The Bertz CT molecular complexity index is 330. The van der Waals surface area contributed by atoms with Gasteiger partial charge in [0.2, 0.25) is 0 Å². The largest absolute Gasteiger partial charge is 0.468 e. The zero-order chi connectivity index (χ0) is 11.6. The topological polar surface area (TPSA) is 26.3 Å². The molecule has 0 saturated heterocycles. The number of ether oxygens (including phenoxy) is 1. The van der Waals surface area contributed by atoms with Gasteiger partial charge in [0.1, 0.15) is 0 Å². The molecule has 0 spiro atoms. The average molecular weight is 239 g/mol. The highest BCUT2D eigenvalue weighted by molar-refractivity contribution is 6.30. The van der Waals surface area contributed by atoms with E-state index >= 15 is 0 Å². The molecule has 1 aromatic carbocycles. The first-order chi connectivity index (χ1) is 7.83. The first kappa shape index (κ1) is 12.8. The van der Waals surface area contributed by atoms with Gasteiger partial charge in [-0.15, -0.1) is 0 Å². The van der Waals surface area contributed by atoms with Crippen molar-refractivity contribution in [1.82, 2.24) is 0 Å². The van der Waals surface area contributed by atoms with Crippen LogP contribution >= 0.6 is 11.6 Å². The number of carbonyl (C=O) groups is 1. The van der Waals surface area contributed by atoms with E-state index in [1.165, 1.54) is 5.56 Å². The highest BCUT2D eigenvalue weighted by atomic mass is 35.5. The van der Waals surface area contributed by atoms with Crippen LogP contribution in [0.1, 0.15) is 18.4 Å². The third kappa shape index (κ3) is 5.56. The van der Waals surface area contributed by atoms with Gasteiger partial charge in [0.25, 0.3) is 6.47 Å². The van der Waals surface area contributed by atoms with Crippen molar-refractivity contribution in [2.45, 2.75) is 19.3 Å². The van der Waals surface area contributed by atoms with E-state index in [4.69, 9.17) is 11.6 Å². The van der Waals surface area contributed by atoms with Crippen LogP contribution in [0, 0.1) is 0 Å². The smallest absolute Gasteiger partial charge is 0.293 e. The number of carbonyl (C=O) groups excluding carboxylic acids is 1. The van der Waals surface area contributed by atoms with Crippen LogP contribution in [0.5, 0.6) is 0 Å². The van der Waals surface area contributed by atoms with Crippen LogP contribution in [0.3, 0.4) is 0 Å². The summed E-state index contributed by atoms with van der Waals surface area (Å²) in [4.78, 5) is 9.85. The van der Waals surface area contributed by atoms with Crippen molar-refractivity contribution in [3.63, 3.8) is 0 Å². The predicted octanol–water partition coefficient (Wildman–Crippen LogP) is 3.39. The van der Waals surface area contributed by atoms with Crippen LogP contribution in [0.25, 0.3) is 0 Å². The molecule has 1 rings (SSSR count). The van der Waals surface area contributed by atoms with E-state index < -0.39 is 0 Å². The molecule has 16 heavy (non-hydrogen) atoms. The molecule has 0 unspecified atom stereocenters. The third-order valence-corrected chi connectivity index (χ3v) is 2.40. The molecular weight excluding hydrogens is 224 g/mol. The normalized spacial score (nSPS) is 10.6. The van der Waals surface area contributed by atoms with Gasteiger partial charge < -0.3 is 4.74 Å². The second-order valence-electron chi connectivity index (χ2n) is 3.39. The van der Waals surface area contributed by atoms with Crippen molar-refractivity contribution >= 4 is 18.1 Å². The predicted molar refractivity (Wildman–Crippen MR) is 65.5 cm³/mol. The van der Waals surface area contributed by atoms with Crippen molar-refractivity contribution in [2.24, 2.45) is 0 Å². The minimum atomic E-state index is 0.459. The summed E-state index contributed by atoms with van der Waals surface area (Å²) in [5.74, 6) is 0. The van der Waals surface area contributed by atoms with Crippen molar-refractivity contribution < 1.29 is 9.53 Å². The Morgan fingerprint density at radius 1 is 1.12 bits per heavy atom. The Morgan fingerprint density at radius 3 is 2.50 bits per heavy atom. The maximum absolute atomic E-state index is 9.85. The van der Waals surface area contributed by atoms with Crippen molar-refractivity contribution in [1.29, 1.82) is 0 Å². The molecule has 86 valence electrons. The highest BCUT2D eigenvalue weighted by Crippen LogP contribution is 2.11. The average Bonchev–Trinajstić information content (AvgIpc) is 2.30. The fourth-order valence-electron chi connectivity index (χ4n) is 1.32. The fraction of sp³-hybridized carbons (Fsp3) is 0.308. The zero-order valence-corrected chi connectivity index (χ0v) is 9.82. The summed E-state index contributed by atoms with van der Waals surface area (Å²) in [5.41, 5.74) is 1.28. The maximum Gasteiger partial charge on any atom is 0.293 e. The molecule has 2 nitrogen and oxygen atoms in total. The van der Waals surface area contributed by atoms with Gasteiger partial charge in [-0.1, -0.05) is 35.9 Å². The fourth-order valence-corrected chi connectivity index (χ4v) is 1.45. The molecule has 0 N–H and O–H groups in total. The Hall–Kier alpha value is -1.28. The summed E-state index contributed by atoms with van der Waals surface area (Å²) in [5, 5.41) is 0.769. The van der Waals surface area contributed by atoms with Gasteiger partial charge in [-0.25, -0.2) is 0 Å². The molecule has 0 aliphatic carbocycles. The number of halogens is 1. The van der Waals surface area contributed by atoms with Crippen LogP contribution in [-0.2, 0) is 16.0 Å². The van der Waals surface area contributed by atoms with Crippen molar-refractivity contribution in [3.8, 4) is 0 Å². The zero-order valence-electron chi connectivity index (χ0n) is 9.06. The molecular formula is C13H15ClO2. The molecule has 0 aliphatic heterocycles. The van der Waals surface area contributed by atoms with E-state index in [1.807, 2.05) is 30.3 Å². The molecule has 3 heteroatoms. The lowest BCUT2D eigenvalue weighted by Crippen LogP contribution is -1.88. The van der Waals surface area contributed by atoms with E-state index in [2.05, 4.69) is 10.8 Å². The molecule has 1 aromatic rings. The Kier molecular flexibility index (Phi) is 6.35. The van der Waals surface area contributed by atoms with Gasteiger partial charge >= 0.3 is 0 Å². The van der Waals surface area contributed by atoms with E-state index in [0.29, 0.717) is 13.1 Å². The minimum Gasteiger partial charge on any atom is -0.468 e. The van der Waals surface area contributed by atoms with E-state index in [0.717, 1.165) is 24.3 Å². The lowest BCUT2D eigenvalue weighted by Gasteiger charge is -1.98. The van der Waals surface area contributed by atoms with Gasteiger partial charge in [0.05, 0.1) is 6.61 Å². The second kappa shape index (κ2) is 7.94. The maximum atomic E-state index is 9.85. The second-order valence-corrected chi connectivity index (χ2v) is 3.83. The quantitative estimate of drug-likeness (QED) is 0.414. The first-order valence-electron chi connectivity index (χ1n) is 5.27. The minimum absolute atomic E-state index is 0.459. The molecule has 0 amide bonds. The first-order valence-corrected chi connectivity index (χ1v) is 5.65. The molecule has 0 atom stereocenters. The van der Waals surface area contributed by atoms with Crippen LogP contribution in [0.2, 0.25) is 5.02 Å². The van der Waals surface area contributed by atoms with Gasteiger partial charge in [0, 0.05) is 5.02 Å². The van der Waals surface area contributed by atoms with E-state index in [1.54, 1.807) is 0 Å². The lowest BCUT2D eigenvalue weighted by atomic mass is 10.1. The number of allylic oxidation sites excluding steroid dienone is 1. The van der Waals surface area contributed by atoms with Gasteiger partial charge in [-0.3, -0.25) is 4.79 Å². The SMILES string of the molecule is O=COCCC=CCCc1ccc(Cl)cc1. The molecule has 0 fully saturated rings. The standard InChI is InChI=1S/C13H15ClO2/c14-13-8-6-12(7-9-13)5-3-1-2-4-10-16-11-15/h1-2,6-9,11H,3-5,10H2. The van der Waals surface area contributed by atoms with Crippen molar-refractivity contribution in [3.05, 3.63) is 47.0 Å². The Morgan fingerprint density at radius 2 is 1.81 bits per heavy atom. The van der Waals surface area contributed by atoms with Gasteiger partial charge in [-0.05, 0) is 37.0 Å². The molecule has 0 aliphatic rings. The summed E-state index contributed by atoms with van der Waals surface area (Å²) in [6.07, 6.45) is 6.90. The molecule has 0 heterocycles. The molecule has 0 bridgehead atoms. The van der Waals surface area contributed by atoms with Crippen LogP contribution in [0.4, 0.5) is 0 Å². The lowest BCUT2D eigenvalue weighted by molar-refractivity contribution is -0.128. The van der Waals surface area contributed by atoms with Crippen LogP contribution < -0.4 is 0 Å². The van der Waals surface area contributed by atoms with Gasteiger partial charge in [-0.2, -0.15) is 0 Å². The number of rotatable bonds is 7. The van der Waals surface area contributed by atoms with Crippen molar-refractivity contribution in [2.75, 3.05) is 6.61 Å². The summed E-state index contributed by atoms with van der Waals surface area (Å²) in [6.45, 7) is 0.933. The molecule has 0 aromatic heterocycles. The van der Waals surface area contributed by atoms with E-state index in [9.17, 15) is 4.79 Å². The monoisotopic (exact) mass is 238 g/mol. The summed E-state index contributed by atoms with van der Waals surface area (Å²) < 4.78 is 4.57. The third-order valence-electron chi connectivity index (χ3n) is 2.15. The molecule has 0 saturated carbocycles. The summed E-state index contributed by atoms with van der Waals surface area (Å²) in [6, 6.07) is 7.87. The Labute approximate surface area is 101 Å². The van der Waals surface area contributed by atoms with Crippen LogP contribution in [0.15, 0.2) is 36.4 Å². The Balaban J connectivity index is 2.15.